The minimum Gasteiger partial charge on any atom is -0.497 e. The average molecular weight is 440 g/mol. The van der Waals surface area contributed by atoms with Crippen molar-refractivity contribution in [2.24, 2.45) is 0 Å². The number of hydrogen-bond donors (Lipinski definition) is 2. The molecule has 0 saturated carbocycles. The second-order valence-electron chi connectivity index (χ2n) is 6.86. The maximum Gasteiger partial charge on any atom is 0.270 e. The molecule has 0 aliphatic rings. The van der Waals surface area contributed by atoms with Crippen molar-refractivity contribution >= 4 is 23.2 Å². The Morgan fingerprint density at radius 3 is 2.35 bits per heavy atom. The van der Waals surface area contributed by atoms with Crippen LogP contribution in [0.15, 0.2) is 53.9 Å². The molecule has 1 heterocycles. The summed E-state index contributed by atoms with van der Waals surface area (Å²) >= 11 is 1.37. The van der Waals surface area contributed by atoms with E-state index in [4.69, 9.17) is 9.47 Å². The Kier molecular flexibility index (Phi) is 8.00. The lowest BCUT2D eigenvalue weighted by atomic mass is 10.1. The Bertz CT molecular complexity index is 1000. The predicted octanol–water partition coefficient (Wildman–Crippen LogP) is 3.13. The molecule has 162 valence electrons. The van der Waals surface area contributed by atoms with Crippen LogP contribution >= 0.6 is 11.3 Å². The largest absolute Gasteiger partial charge is 0.497 e. The maximum absolute atomic E-state index is 12.2. The summed E-state index contributed by atoms with van der Waals surface area (Å²) in [4.78, 5) is 28.6. The van der Waals surface area contributed by atoms with Crippen molar-refractivity contribution in [3.05, 3.63) is 75.7 Å². The number of nitrogens with one attached hydrogen (secondary N) is 2. The average Bonchev–Trinajstić information content (AvgIpc) is 3.26. The number of carbonyl (C=O) groups is 2. The van der Waals surface area contributed by atoms with Gasteiger partial charge in [0.2, 0.25) is 5.91 Å². The Hall–Kier alpha value is -3.39. The molecule has 8 heteroatoms. The van der Waals surface area contributed by atoms with Gasteiger partial charge in [-0.25, -0.2) is 4.98 Å². The number of carbonyl (C=O) groups excluding carboxylic acids is 2. The lowest BCUT2D eigenvalue weighted by molar-refractivity contribution is -0.120. The maximum atomic E-state index is 12.2. The molecule has 0 aliphatic carbocycles. The molecule has 0 atom stereocenters. The normalized spacial score (nSPS) is 10.4. The molecule has 31 heavy (non-hydrogen) atoms. The van der Waals surface area contributed by atoms with E-state index >= 15 is 0 Å². The van der Waals surface area contributed by atoms with Gasteiger partial charge in [0.05, 0.1) is 13.5 Å². The van der Waals surface area contributed by atoms with Crippen LogP contribution < -0.4 is 20.1 Å². The number of aromatic nitrogens is 1. The molecule has 2 aromatic carbocycles. The molecule has 0 radical (unpaired) electrons. The van der Waals surface area contributed by atoms with Crippen LogP contribution in [0.2, 0.25) is 0 Å². The fourth-order valence-electron chi connectivity index (χ4n) is 2.72. The summed E-state index contributed by atoms with van der Waals surface area (Å²) in [5.41, 5.74) is 2.40. The zero-order chi connectivity index (χ0) is 22.1. The number of nitrogens with zero attached hydrogens (tertiary/aromatic N) is 1. The van der Waals surface area contributed by atoms with Crippen molar-refractivity contribution in [2.45, 2.75) is 20.0 Å². The summed E-state index contributed by atoms with van der Waals surface area (Å²) in [6.07, 6.45) is 0.272. The van der Waals surface area contributed by atoms with Crippen LogP contribution in [0, 0.1) is 6.92 Å². The van der Waals surface area contributed by atoms with Gasteiger partial charge in [0, 0.05) is 18.5 Å². The molecule has 2 N–H and O–H groups in total. The second kappa shape index (κ2) is 11.1. The van der Waals surface area contributed by atoms with Gasteiger partial charge in [0.1, 0.15) is 28.8 Å². The van der Waals surface area contributed by atoms with E-state index in [0.717, 1.165) is 27.6 Å². The van der Waals surface area contributed by atoms with E-state index < -0.39 is 0 Å². The number of aryl methyl sites for hydroxylation is 1. The molecule has 0 aliphatic heterocycles. The molecule has 0 saturated heterocycles. The first-order valence-corrected chi connectivity index (χ1v) is 10.7. The molecular formula is C23H25N3O4S. The quantitative estimate of drug-likeness (QED) is 0.474. The van der Waals surface area contributed by atoms with Crippen LogP contribution in [0.3, 0.4) is 0 Å². The number of benzene rings is 2. The Labute approximate surface area is 185 Å². The van der Waals surface area contributed by atoms with Crippen molar-refractivity contribution in [3.63, 3.8) is 0 Å². The van der Waals surface area contributed by atoms with Gasteiger partial charge in [-0.2, -0.15) is 0 Å². The van der Waals surface area contributed by atoms with Crippen LogP contribution in [0.25, 0.3) is 0 Å². The molecule has 0 spiro atoms. The standard InChI is InChI=1S/C23H25N3O4S/c1-16-3-7-19(8-4-16)30-14-22-26-20(15-31-22)23(28)25-12-11-24-21(27)13-17-5-9-18(29-2)10-6-17/h3-10,15H,11-14H2,1-2H3,(H,24,27)(H,25,28). The minimum absolute atomic E-state index is 0.108. The van der Waals surface area contributed by atoms with Crippen molar-refractivity contribution in [3.8, 4) is 11.5 Å². The summed E-state index contributed by atoms with van der Waals surface area (Å²) in [5, 5.41) is 7.97. The molecule has 0 bridgehead atoms. The van der Waals surface area contributed by atoms with Crippen molar-refractivity contribution in [1.29, 1.82) is 0 Å². The van der Waals surface area contributed by atoms with Gasteiger partial charge in [0.25, 0.3) is 5.91 Å². The number of methoxy groups -OCH3 is 1. The summed E-state index contributed by atoms with van der Waals surface area (Å²) in [5.74, 6) is 1.13. The number of rotatable bonds is 10. The summed E-state index contributed by atoms with van der Waals surface area (Å²) in [6, 6.07) is 15.1. The van der Waals surface area contributed by atoms with Crippen LogP contribution in [-0.2, 0) is 17.8 Å². The monoisotopic (exact) mass is 439 g/mol. The fourth-order valence-corrected chi connectivity index (χ4v) is 3.41. The van der Waals surface area contributed by atoms with Crippen molar-refractivity contribution < 1.29 is 19.1 Å². The van der Waals surface area contributed by atoms with Gasteiger partial charge < -0.3 is 20.1 Å². The van der Waals surface area contributed by atoms with E-state index in [1.807, 2.05) is 55.5 Å². The highest BCUT2D eigenvalue weighted by atomic mass is 32.1. The third-order valence-electron chi connectivity index (χ3n) is 4.42. The third kappa shape index (κ3) is 7.11. The van der Waals surface area contributed by atoms with Crippen LogP contribution in [0.4, 0.5) is 0 Å². The summed E-state index contributed by atoms with van der Waals surface area (Å²) in [6.45, 7) is 2.98. The molecule has 2 amide bonds. The van der Waals surface area contributed by atoms with Gasteiger partial charge in [-0.15, -0.1) is 11.3 Å². The third-order valence-corrected chi connectivity index (χ3v) is 5.25. The van der Waals surface area contributed by atoms with E-state index in [1.165, 1.54) is 11.3 Å². The highest BCUT2D eigenvalue weighted by molar-refractivity contribution is 7.09. The topological polar surface area (TPSA) is 89.6 Å². The minimum atomic E-state index is -0.276. The lowest BCUT2D eigenvalue weighted by Crippen LogP contribution is -2.35. The van der Waals surface area contributed by atoms with E-state index in [-0.39, 0.29) is 18.2 Å². The van der Waals surface area contributed by atoms with E-state index in [9.17, 15) is 9.59 Å². The predicted molar refractivity (Wildman–Crippen MR) is 120 cm³/mol. The first-order chi connectivity index (χ1) is 15.0. The van der Waals surface area contributed by atoms with Crippen molar-refractivity contribution in [1.82, 2.24) is 15.6 Å². The Morgan fingerprint density at radius 2 is 1.65 bits per heavy atom. The molecular weight excluding hydrogens is 414 g/mol. The second-order valence-corrected chi connectivity index (χ2v) is 7.80. The number of thiazole rings is 1. The highest BCUT2D eigenvalue weighted by Gasteiger charge is 2.11. The first kappa shape index (κ1) is 22.3. The molecule has 1 aromatic heterocycles. The van der Waals surface area contributed by atoms with Crippen LogP contribution in [-0.4, -0.2) is 37.0 Å². The van der Waals surface area contributed by atoms with Gasteiger partial charge >= 0.3 is 0 Å². The molecule has 3 rings (SSSR count). The fraction of sp³-hybridized carbons (Fsp3) is 0.261. The van der Waals surface area contributed by atoms with Gasteiger partial charge in [-0.3, -0.25) is 9.59 Å². The zero-order valence-electron chi connectivity index (χ0n) is 17.5. The first-order valence-electron chi connectivity index (χ1n) is 9.85. The Balaban J connectivity index is 1.35. The van der Waals surface area contributed by atoms with E-state index in [2.05, 4.69) is 15.6 Å². The summed E-state index contributed by atoms with van der Waals surface area (Å²) < 4.78 is 10.8. The van der Waals surface area contributed by atoms with Crippen molar-refractivity contribution in [2.75, 3.05) is 20.2 Å². The van der Waals surface area contributed by atoms with Gasteiger partial charge in [0.15, 0.2) is 0 Å². The van der Waals surface area contributed by atoms with Crippen LogP contribution in [0.5, 0.6) is 11.5 Å². The number of amides is 2. The van der Waals surface area contributed by atoms with Crippen LogP contribution in [0.1, 0.15) is 26.6 Å². The molecule has 3 aromatic rings. The number of hydrogen-bond acceptors (Lipinski definition) is 6. The zero-order valence-corrected chi connectivity index (χ0v) is 18.3. The molecule has 7 nitrogen and oxygen atoms in total. The van der Waals surface area contributed by atoms with Gasteiger partial charge in [-0.1, -0.05) is 29.8 Å². The van der Waals surface area contributed by atoms with E-state index in [1.54, 1.807) is 12.5 Å². The van der Waals surface area contributed by atoms with E-state index in [0.29, 0.717) is 25.4 Å². The molecule has 0 fully saturated rings. The molecule has 0 unspecified atom stereocenters. The summed E-state index contributed by atoms with van der Waals surface area (Å²) in [7, 11) is 1.60. The van der Waals surface area contributed by atoms with Gasteiger partial charge in [-0.05, 0) is 36.8 Å². The lowest BCUT2D eigenvalue weighted by Gasteiger charge is -2.07. The smallest absolute Gasteiger partial charge is 0.270 e. The highest BCUT2D eigenvalue weighted by Crippen LogP contribution is 2.16. The number of ether oxygens (including phenoxy) is 2. The SMILES string of the molecule is COc1ccc(CC(=O)NCCNC(=O)c2csc(COc3ccc(C)cc3)n2)cc1. The Morgan fingerprint density at radius 1 is 0.968 bits per heavy atom.